The van der Waals surface area contributed by atoms with Crippen LogP contribution in [-0.4, -0.2) is 56.1 Å². The van der Waals surface area contributed by atoms with Crippen LogP contribution in [-0.2, 0) is 11.3 Å². The SMILES string of the molecule is Cc1nc(C2CN(CCn3cc(Br)cn3)CCO2)n[nH]1. The maximum atomic E-state index is 5.75. The number of aryl methyl sites for hydroxylation is 1. The lowest BCUT2D eigenvalue weighted by Gasteiger charge is -2.31. The van der Waals surface area contributed by atoms with E-state index in [0.29, 0.717) is 6.61 Å². The fourth-order valence-electron chi connectivity index (χ4n) is 2.27. The van der Waals surface area contributed by atoms with Crippen LogP contribution in [0.2, 0.25) is 0 Å². The molecule has 7 nitrogen and oxygen atoms in total. The van der Waals surface area contributed by atoms with Gasteiger partial charge < -0.3 is 4.74 Å². The second-order valence-corrected chi connectivity index (χ2v) is 5.78. The van der Waals surface area contributed by atoms with Gasteiger partial charge in [0.2, 0.25) is 0 Å². The fraction of sp³-hybridized carbons (Fsp3) is 0.583. The highest BCUT2D eigenvalue weighted by molar-refractivity contribution is 9.10. The second-order valence-electron chi connectivity index (χ2n) is 4.86. The zero-order valence-corrected chi connectivity index (χ0v) is 12.9. The van der Waals surface area contributed by atoms with E-state index in [0.717, 1.165) is 42.3 Å². The first-order valence-corrected chi connectivity index (χ1v) is 7.41. The molecule has 108 valence electrons. The molecule has 0 bridgehead atoms. The molecule has 1 N–H and O–H groups in total. The third-order valence-corrected chi connectivity index (χ3v) is 3.71. The van der Waals surface area contributed by atoms with E-state index in [1.54, 1.807) is 6.20 Å². The molecule has 0 aromatic carbocycles. The average molecular weight is 341 g/mol. The van der Waals surface area contributed by atoms with Gasteiger partial charge in [0.15, 0.2) is 5.82 Å². The number of nitrogens with zero attached hydrogens (tertiary/aromatic N) is 5. The lowest BCUT2D eigenvalue weighted by molar-refractivity contribution is -0.0352. The summed E-state index contributed by atoms with van der Waals surface area (Å²) in [5.74, 6) is 1.57. The van der Waals surface area contributed by atoms with Crippen LogP contribution < -0.4 is 0 Å². The standard InChI is InChI=1S/C12H17BrN6O/c1-9-15-12(17-16-9)11-8-18(4-5-20-11)2-3-19-7-10(13)6-14-19/h6-7,11H,2-5,8H2,1H3,(H,15,16,17). The quantitative estimate of drug-likeness (QED) is 0.903. The number of hydrogen-bond acceptors (Lipinski definition) is 5. The summed E-state index contributed by atoms with van der Waals surface area (Å²) in [6, 6.07) is 0. The Hall–Kier alpha value is -1.25. The van der Waals surface area contributed by atoms with Crippen LogP contribution in [0.1, 0.15) is 17.8 Å². The molecule has 1 unspecified atom stereocenters. The van der Waals surface area contributed by atoms with Gasteiger partial charge in [-0.25, -0.2) is 4.98 Å². The molecule has 0 saturated carbocycles. The Balaban J connectivity index is 1.55. The molecule has 0 amide bonds. The molecule has 0 aliphatic carbocycles. The fourth-order valence-corrected chi connectivity index (χ4v) is 2.60. The van der Waals surface area contributed by atoms with Crippen LogP contribution in [0.3, 0.4) is 0 Å². The minimum atomic E-state index is -0.0435. The summed E-state index contributed by atoms with van der Waals surface area (Å²) in [5, 5.41) is 11.3. The summed E-state index contributed by atoms with van der Waals surface area (Å²) in [4.78, 5) is 6.70. The molecule has 0 spiro atoms. The minimum Gasteiger partial charge on any atom is -0.367 e. The van der Waals surface area contributed by atoms with E-state index in [1.807, 2.05) is 17.8 Å². The number of aromatic amines is 1. The van der Waals surface area contributed by atoms with Gasteiger partial charge in [-0.05, 0) is 22.9 Å². The summed E-state index contributed by atoms with van der Waals surface area (Å²) < 4.78 is 8.69. The molecule has 1 saturated heterocycles. The Morgan fingerprint density at radius 2 is 2.40 bits per heavy atom. The minimum absolute atomic E-state index is 0.0435. The summed E-state index contributed by atoms with van der Waals surface area (Å²) >= 11 is 3.40. The number of hydrogen-bond donors (Lipinski definition) is 1. The average Bonchev–Trinajstić information content (AvgIpc) is 3.06. The number of aromatic nitrogens is 5. The largest absolute Gasteiger partial charge is 0.367 e. The first-order valence-electron chi connectivity index (χ1n) is 6.61. The second kappa shape index (κ2) is 6.02. The van der Waals surface area contributed by atoms with Crippen LogP contribution >= 0.6 is 15.9 Å². The summed E-state index contributed by atoms with van der Waals surface area (Å²) in [7, 11) is 0. The van der Waals surface area contributed by atoms with Gasteiger partial charge in [-0.2, -0.15) is 10.2 Å². The van der Waals surface area contributed by atoms with E-state index in [1.165, 1.54) is 0 Å². The highest BCUT2D eigenvalue weighted by Gasteiger charge is 2.24. The third kappa shape index (κ3) is 3.25. The molecule has 0 radical (unpaired) electrons. The van der Waals surface area contributed by atoms with Gasteiger partial charge >= 0.3 is 0 Å². The zero-order valence-electron chi connectivity index (χ0n) is 11.3. The normalized spacial score (nSPS) is 20.4. The Morgan fingerprint density at radius 1 is 1.50 bits per heavy atom. The Kier molecular flexibility index (Phi) is 4.13. The predicted octanol–water partition coefficient (Wildman–Crippen LogP) is 1.15. The zero-order chi connectivity index (χ0) is 13.9. The van der Waals surface area contributed by atoms with Crippen molar-refractivity contribution < 1.29 is 4.74 Å². The topological polar surface area (TPSA) is 71.9 Å². The van der Waals surface area contributed by atoms with Crippen molar-refractivity contribution in [2.75, 3.05) is 26.2 Å². The maximum absolute atomic E-state index is 5.75. The van der Waals surface area contributed by atoms with Crippen molar-refractivity contribution in [3.05, 3.63) is 28.5 Å². The van der Waals surface area contributed by atoms with Crippen LogP contribution in [0.15, 0.2) is 16.9 Å². The van der Waals surface area contributed by atoms with Crippen molar-refractivity contribution in [1.82, 2.24) is 29.9 Å². The van der Waals surface area contributed by atoms with Gasteiger partial charge in [0, 0.05) is 25.8 Å². The molecule has 8 heteroatoms. The van der Waals surface area contributed by atoms with Crippen molar-refractivity contribution in [1.29, 1.82) is 0 Å². The molecule has 3 rings (SSSR count). The van der Waals surface area contributed by atoms with Crippen molar-refractivity contribution in [2.45, 2.75) is 19.6 Å². The summed E-state index contributed by atoms with van der Waals surface area (Å²) in [6.07, 6.45) is 3.74. The highest BCUT2D eigenvalue weighted by atomic mass is 79.9. The van der Waals surface area contributed by atoms with E-state index in [2.05, 4.69) is 41.1 Å². The molecule has 1 fully saturated rings. The number of halogens is 1. The van der Waals surface area contributed by atoms with Crippen molar-refractivity contribution in [3.8, 4) is 0 Å². The molecule has 1 atom stereocenters. The van der Waals surface area contributed by atoms with Crippen LogP contribution in [0.4, 0.5) is 0 Å². The first-order chi connectivity index (χ1) is 9.70. The van der Waals surface area contributed by atoms with Crippen LogP contribution in [0.25, 0.3) is 0 Å². The lowest BCUT2D eigenvalue weighted by Crippen LogP contribution is -2.40. The van der Waals surface area contributed by atoms with E-state index in [4.69, 9.17) is 4.74 Å². The molecule has 1 aliphatic heterocycles. The van der Waals surface area contributed by atoms with E-state index >= 15 is 0 Å². The number of H-pyrrole nitrogens is 1. The predicted molar refractivity (Wildman–Crippen MR) is 76.2 cm³/mol. The molecule has 1 aliphatic rings. The van der Waals surface area contributed by atoms with Crippen LogP contribution in [0.5, 0.6) is 0 Å². The van der Waals surface area contributed by atoms with Gasteiger partial charge in [0.1, 0.15) is 11.9 Å². The maximum Gasteiger partial charge on any atom is 0.180 e. The highest BCUT2D eigenvalue weighted by Crippen LogP contribution is 2.18. The van der Waals surface area contributed by atoms with Crippen molar-refractivity contribution in [2.24, 2.45) is 0 Å². The van der Waals surface area contributed by atoms with Gasteiger partial charge in [0.25, 0.3) is 0 Å². The van der Waals surface area contributed by atoms with Crippen molar-refractivity contribution in [3.63, 3.8) is 0 Å². The monoisotopic (exact) mass is 340 g/mol. The summed E-state index contributed by atoms with van der Waals surface area (Å²) in [5.41, 5.74) is 0. The van der Waals surface area contributed by atoms with Crippen LogP contribution in [0, 0.1) is 6.92 Å². The van der Waals surface area contributed by atoms with Crippen molar-refractivity contribution >= 4 is 15.9 Å². The van der Waals surface area contributed by atoms with E-state index in [9.17, 15) is 0 Å². The Labute approximate surface area is 125 Å². The Morgan fingerprint density at radius 3 is 3.10 bits per heavy atom. The molecular weight excluding hydrogens is 324 g/mol. The van der Waals surface area contributed by atoms with Gasteiger partial charge in [0.05, 0.1) is 23.8 Å². The molecule has 2 aromatic heterocycles. The lowest BCUT2D eigenvalue weighted by atomic mass is 10.2. The van der Waals surface area contributed by atoms with Gasteiger partial charge in [-0.15, -0.1) is 0 Å². The van der Waals surface area contributed by atoms with E-state index < -0.39 is 0 Å². The Bertz CT molecular complexity index is 568. The van der Waals surface area contributed by atoms with Gasteiger partial charge in [-0.3, -0.25) is 14.7 Å². The number of rotatable bonds is 4. The number of morpholine rings is 1. The smallest absolute Gasteiger partial charge is 0.180 e. The van der Waals surface area contributed by atoms with E-state index in [-0.39, 0.29) is 6.10 Å². The number of nitrogens with one attached hydrogen (secondary N) is 1. The first kappa shape index (κ1) is 13.7. The number of ether oxygens (including phenoxy) is 1. The summed E-state index contributed by atoms with van der Waals surface area (Å²) in [6.45, 7) is 6.17. The molecule has 3 heterocycles. The third-order valence-electron chi connectivity index (χ3n) is 3.30. The molecular formula is C12H17BrN6O. The molecule has 2 aromatic rings. The molecule has 20 heavy (non-hydrogen) atoms. The van der Waals surface area contributed by atoms with Gasteiger partial charge in [-0.1, -0.05) is 0 Å².